The normalized spacial score (nSPS) is 25.8. The highest BCUT2D eigenvalue weighted by atomic mass is 19.1. The zero-order valence-corrected chi connectivity index (χ0v) is 18.0. The van der Waals surface area contributed by atoms with Gasteiger partial charge in [0, 0.05) is 42.1 Å². The van der Waals surface area contributed by atoms with Crippen LogP contribution in [0.2, 0.25) is 0 Å². The number of fused-ring (bicyclic) bond motifs is 1. The van der Waals surface area contributed by atoms with E-state index in [4.69, 9.17) is 0 Å². The lowest BCUT2D eigenvalue weighted by Gasteiger charge is -2.31. The molecule has 5 nitrogen and oxygen atoms in total. The van der Waals surface area contributed by atoms with Crippen LogP contribution >= 0.6 is 0 Å². The molecule has 6 heteroatoms. The van der Waals surface area contributed by atoms with Crippen molar-refractivity contribution in [2.24, 2.45) is 5.92 Å². The maximum Gasteiger partial charge on any atom is 0.247 e. The van der Waals surface area contributed by atoms with Gasteiger partial charge in [-0.25, -0.2) is 4.39 Å². The van der Waals surface area contributed by atoms with Crippen LogP contribution in [0.25, 0.3) is 0 Å². The molecule has 5 rings (SSSR count). The number of carbonyl (C=O) groups is 1. The van der Waals surface area contributed by atoms with E-state index in [1.54, 1.807) is 12.1 Å². The van der Waals surface area contributed by atoms with Gasteiger partial charge in [-0.2, -0.15) is 0 Å². The van der Waals surface area contributed by atoms with Crippen LogP contribution in [0.4, 0.5) is 15.8 Å². The van der Waals surface area contributed by atoms with Crippen LogP contribution in [0.1, 0.15) is 60.8 Å². The maximum atomic E-state index is 15.0. The molecule has 3 aliphatic rings. The predicted molar refractivity (Wildman–Crippen MR) is 122 cm³/mol. The number of nitrogens with one attached hydrogen (secondary N) is 4. The minimum atomic E-state index is -0.455. The van der Waals surface area contributed by atoms with Crippen LogP contribution in [-0.2, 0) is 4.79 Å². The molecule has 4 N–H and O–H groups in total. The fraction of sp³-hybridized carbons (Fsp3) is 0.480. The van der Waals surface area contributed by atoms with Crippen molar-refractivity contribution >= 4 is 17.3 Å². The highest BCUT2D eigenvalue weighted by molar-refractivity contribution is 5.99. The third kappa shape index (κ3) is 3.94. The number of amides is 1. The summed E-state index contributed by atoms with van der Waals surface area (Å²) in [6, 6.07) is 11.2. The molecule has 0 aromatic heterocycles. The number of aryl methyl sites for hydroxylation is 1. The standard InChI is InChI=1S/C25H31FN4O/c1-15-10-11-19(26)22-21(16-6-3-2-4-7-16)24(30-23(15)22)25(31)29-18-9-5-8-17(12-18)20-13-27-14-28-20/h5,8-12,16,20-21,24,27-28,30H,2-4,6-7,13-14H2,1H3,(H,29,31). The molecule has 1 saturated heterocycles. The Kier molecular flexibility index (Phi) is 5.67. The van der Waals surface area contributed by atoms with Crippen molar-refractivity contribution in [2.75, 3.05) is 23.8 Å². The first-order chi connectivity index (χ1) is 15.1. The lowest BCUT2D eigenvalue weighted by molar-refractivity contribution is -0.117. The van der Waals surface area contributed by atoms with Crippen LogP contribution in [0.5, 0.6) is 0 Å². The predicted octanol–water partition coefficient (Wildman–Crippen LogP) is 4.42. The quantitative estimate of drug-likeness (QED) is 0.589. The fourth-order valence-electron chi connectivity index (χ4n) is 5.64. The number of anilines is 2. The Balaban J connectivity index is 1.41. The van der Waals surface area contributed by atoms with Crippen molar-refractivity contribution in [2.45, 2.75) is 57.0 Å². The summed E-state index contributed by atoms with van der Waals surface area (Å²) in [5.74, 6) is -0.0743. The molecular formula is C25H31FN4O. The van der Waals surface area contributed by atoms with Crippen LogP contribution < -0.4 is 21.3 Å². The summed E-state index contributed by atoms with van der Waals surface area (Å²) >= 11 is 0. The van der Waals surface area contributed by atoms with E-state index in [9.17, 15) is 9.18 Å². The second-order valence-electron chi connectivity index (χ2n) is 9.20. The number of hydrogen-bond acceptors (Lipinski definition) is 4. The summed E-state index contributed by atoms with van der Waals surface area (Å²) in [6.07, 6.45) is 5.65. The summed E-state index contributed by atoms with van der Waals surface area (Å²) in [5.41, 5.74) is 4.45. The molecule has 0 bridgehead atoms. The smallest absolute Gasteiger partial charge is 0.247 e. The monoisotopic (exact) mass is 422 g/mol. The van der Waals surface area contributed by atoms with Crippen LogP contribution in [0.3, 0.4) is 0 Å². The minimum Gasteiger partial charge on any atom is -0.373 e. The SMILES string of the molecule is Cc1ccc(F)c2c1NC(C(=O)Nc1cccc(C3CNCN3)c1)C2C1CCCCC1. The first-order valence-electron chi connectivity index (χ1n) is 11.5. The van der Waals surface area contributed by atoms with Gasteiger partial charge in [0.1, 0.15) is 11.9 Å². The molecule has 164 valence electrons. The van der Waals surface area contributed by atoms with Gasteiger partial charge in [-0.1, -0.05) is 37.5 Å². The second-order valence-corrected chi connectivity index (χ2v) is 9.20. The molecule has 0 radical (unpaired) electrons. The molecule has 2 heterocycles. The first kappa shape index (κ1) is 20.5. The summed E-state index contributed by atoms with van der Waals surface area (Å²) in [4.78, 5) is 13.5. The molecule has 1 aliphatic carbocycles. The highest BCUT2D eigenvalue weighted by Crippen LogP contribution is 2.48. The number of rotatable bonds is 4. The van der Waals surface area contributed by atoms with Gasteiger partial charge in [0.25, 0.3) is 0 Å². The van der Waals surface area contributed by atoms with Gasteiger partial charge in [-0.15, -0.1) is 0 Å². The van der Waals surface area contributed by atoms with Crippen molar-refractivity contribution in [3.8, 4) is 0 Å². The molecule has 2 aromatic rings. The van der Waals surface area contributed by atoms with E-state index in [0.29, 0.717) is 11.5 Å². The molecule has 3 atom stereocenters. The zero-order valence-electron chi connectivity index (χ0n) is 18.0. The van der Waals surface area contributed by atoms with Gasteiger partial charge in [-0.3, -0.25) is 10.1 Å². The van der Waals surface area contributed by atoms with Crippen LogP contribution in [0, 0.1) is 18.7 Å². The Morgan fingerprint density at radius 2 is 1.97 bits per heavy atom. The van der Waals surface area contributed by atoms with Gasteiger partial charge < -0.3 is 16.0 Å². The lowest BCUT2D eigenvalue weighted by atomic mass is 9.74. The molecule has 3 unspecified atom stereocenters. The van der Waals surface area contributed by atoms with Gasteiger partial charge in [0.05, 0.1) is 0 Å². The second kappa shape index (κ2) is 8.60. The molecule has 2 aromatic carbocycles. The largest absolute Gasteiger partial charge is 0.373 e. The number of benzene rings is 2. The first-order valence-corrected chi connectivity index (χ1v) is 11.5. The van der Waals surface area contributed by atoms with E-state index < -0.39 is 6.04 Å². The number of carbonyl (C=O) groups excluding carboxylic acids is 1. The van der Waals surface area contributed by atoms with Crippen molar-refractivity contribution in [3.05, 3.63) is 58.9 Å². The highest BCUT2D eigenvalue weighted by Gasteiger charge is 2.44. The Bertz CT molecular complexity index is 966. The number of hydrogen-bond donors (Lipinski definition) is 4. The van der Waals surface area contributed by atoms with Gasteiger partial charge >= 0.3 is 0 Å². The maximum absolute atomic E-state index is 15.0. The number of halogens is 1. The summed E-state index contributed by atoms with van der Waals surface area (Å²) in [5, 5.41) is 13.2. The Morgan fingerprint density at radius 1 is 1.13 bits per heavy atom. The zero-order chi connectivity index (χ0) is 21.4. The third-order valence-corrected chi connectivity index (χ3v) is 7.21. The van der Waals surface area contributed by atoms with Crippen LogP contribution in [0.15, 0.2) is 36.4 Å². The van der Waals surface area contributed by atoms with Gasteiger partial charge in [-0.05, 0) is 55.0 Å². The van der Waals surface area contributed by atoms with Crippen molar-refractivity contribution in [1.29, 1.82) is 0 Å². The molecule has 1 amide bonds. The topological polar surface area (TPSA) is 65.2 Å². The lowest BCUT2D eigenvalue weighted by Crippen LogP contribution is -2.39. The Hall–Kier alpha value is -2.44. The van der Waals surface area contributed by atoms with Gasteiger partial charge in [0.2, 0.25) is 5.91 Å². The summed E-state index contributed by atoms with van der Waals surface area (Å²) < 4.78 is 15.0. The average Bonchev–Trinajstić information content (AvgIpc) is 3.46. The molecule has 0 spiro atoms. The Morgan fingerprint density at radius 3 is 2.74 bits per heavy atom. The van der Waals surface area contributed by atoms with Crippen LogP contribution in [-0.4, -0.2) is 25.2 Å². The van der Waals surface area contributed by atoms with Gasteiger partial charge in [0.15, 0.2) is 0 Å². The van der Waals surface area contributed by atoms with E-state index in [1.165, 1.54) is 6.42 Å². The average molecular weight is 423 g/mol. The van der Waals surface area contributed by atoms with E-state index in [0.717, 1.165) is 61.4 Å². The van der Waals surface area contributed by atoms with Crippen molar-refractivity contribution in [3.63, 3.8) is 0 Å². The molecule has 1 saturated carbocycles. The van der Waals surface area contributed by atoms with E-state index >= 15 is 0 Å². The Labute approximate surface area is 183 Å². The summed E-state index contributed by atoms with van der Waals surface area (Å²) in [6.45, 7) is 3.65. The minimum absolute atomic E-state index is 0.0831. The van der Waals surface area contributed by atoms with E-state index in [-0.39, 0.29) is 23.7 Å². The molecule has 2 aliphatic heterocycles. The molecule has 31 heavy (non-hydrogen) atoms. The summed E-state index contributed by atoms with van der Waals surface area (Å²) in [7, 11) is 0. The third-order valence-electron chi connectivity index (χ3n) is 7.21. The van der Waals surface area contributed by atoms with Crippen molar-refractivity contribution in [1.82, 2.24) is 10.6 Å². The molecular weight excluding hydrogens is 391 g/mol. The molecule has 2 fully saturated rings. The van der Waals surface area contributed by atoms with E-state index in [2.05, 4.69) is 27.3 Å². The van der Waals surface area contributed by atoms with Crippen molar-refractivity contribution < 1.29 is 9.18 Å². The van der Waals surface area contributed by atoms with E-state index in [1.807, 2.05) is 25.1 Å². The fourth-order valence-corrected chi connectivity index (χ4v) is 5.64.